The van der Waals surface area contributed by atoms with Gasteiger partial charge < -0.3 is 25.8 Å². The van der Waals surface area contributed by atoms with Gasteiger partial charge in [-0.25, -0.2) is 4.39 Å². The average Bonchev–Trinajstić information content (AvgIpc) is 3.62. The van der Waals surface area contributed by atoms with E-state index < -0.39 is 24.8 Å². The van der Waals surface area contributed by atoms with Gasteiger partial charge in [0.05, 0.1) is 12.7 Å². The number of anilines is 1. The van der Waals surface area contributed by atoms with E-state index in [2.05, 4.69) is 10.4 Å². The highest BCUT2D eigenvalue weighted by molar-refractivity contribution is 5.95. The number of halogens is 1. The summed E-state index contributed by atoms with van der Waals surface area (Å²) in [6.45, 7) is -0.213. The number of aliphatic hydroxyl groups is 1. The van der Waals surface area contributed by atoms with Crippen LogP contribution in [-0.4, -0.2) is 63.6 Å². The van der Waals surface area contributed by atoms with Crippen LogP contribution in [0.5, 0.6) is 5.75 Å². The first-order chi connectivity index (χ1) is 18.4. The first-order valence-corrected chi connectivity index (χ1v) is 12.8. The molecule has 2 amide bonds. The highest BCUT2D eigenvalue weighted by Gasteiger charge is 2.44. The summed E-state index contributed by atoms with van der Waals surface area (Å²) in [6.07, 6.45) is 2.84. The largest absolute Gasteiger partial charge is 0.487 e. The van der Waals surface area contributed by atoms with Crippen molar-refractivity contribution in [1.29, 1.82) is 0 Å². The van der Waals surface area contributed by atoms with Crippen LogP contribution in [0.3, 0.4) is 0 Å². The van der Waals surface area contributed by atoms with Crippen LogP contribution in [0.2, 0.25) is 0 Å². The Morgan fingerprint density at radius 2 is 2.05 bits per heavy atom. The lowest BCUT2D eigenvalue weighted by Crippen LogP contribution is -2.50. The van der Waals surface area contributed by atoms with E-state index in [1.54, 1.807) is 10.7 Å². The molecule has 0 spiro atoms. The predicted molar refractivity (Wildman–Crippen MR) is 140 cm³/mol. The van der Waals surface area contributed by atoms with Crippen molar-refractivity contribution in [2.75, 3.05) is 25.0 Å². The molecule has 1 aliphatic carbocycles. The molecule has 200 valence electrons. The van der Waals surface area contributed by atoms with Crippen molar-refractivity contribution in [3.63, 3.8) is 0 Å². The maximum atomic E-state index is 14.7. The molecule has 0 radical (unpaired) electrons. The van der Waals surface area contributed by atoms with Crippen LogP contribution in [0.15, 0.2) is 54.9 Å². The SMILES string of the molecule is Cn1cc([C@@H]2C[C@H]2C(=O)Nc2cccc(-c3ccc(O[C@H]4CCN(C(=O)CO)C[C@H]4F)c(CN)c3)c2)cn1. The van der Waals surface area contributed by atoms with Crippen molar-refractivity contribution in [2.24, 2.45) is 18.7 Å². The second kappa shape index (κ2) is 10.9. The maximum Gasteiger partial charge on any atom is 0.248 e. The molecular weight excluding hydrogens is 489 g/mol. The minimum Gasteiger partial charge on any atom is -0.487 e. The Morgan fingerprint density at radius 1 is 1.24 bits per heavy atom. The maximum absolute atomic E-state index is 14.7. The third-order valence-corrected chi connectivity index (χ3v) is 7.27. The molecule has 2 fully saturated rings. The smallest absolute Gasteiger partial charge is 0.248 e. The summed E-state index contributed by atoms with van der Waals surface area (Å²) >= 11 is 0. The molecule has 1 saturated carbocycles. The van der Waals surface area contributed by atoms with E-state index in [0.717, 1.165) is 28.7 Å². The van der Waals surface area contributed by atoms with Crippen LogP contribution in [0.1, 0.15) is 29.9 Å². The summed E-state index contributed by atoms with van der Waals surface area (Å²) in [5, 5.41) is 16.3. The Kier molecular flexibility index (Phi) is 7.44. The zero-order valence-corrected chi connectivity index (χ0v) is 21.2. The first-order valence-electron chi connectivity index (χ1n) is 12.8. The number of benzene rings is 2. The van der Waals surface area contributed by atoms with E-state index in [0.29, 0.717) is 24.4 Å². The van der Waals surface area contributed by atoms with Gasteiger partial charge in [-0.15, -0.1) is 0 Å². The number of hydrogen-bond acceptors (Lipinski definition) is 6. The number of nitrogens with one attached hydrogen (secondary N) is 1. The van der Waals surface area contributed by atoms with Crippen molar-refractivity contribution in [2.45, 2.75) is 37.6 Å². The standard InChI is InChI=1S/C28H32FN5O4/c1-33-14-20(13-31-33)22-11-23(22)28(37)32-21-4-2-3-17(10-21)18-5-6-25(19(9-18)12-30)38-26-7-8-34(15-24(26)29)27(36)16-35/h2-6,9-10,13-14,22-24,26,35H,7-8,11-12,15-16,30H2,1H3,(H,32,37)/t22-,23+,24+,26-/m0/s1. The molecule has 4 atom stereocenters. The van der Waals surface area contributed by atoms with Gasteiger partial charge in [-0.2, -0.15) is 5.10 Å². The topological polar surface area (TPSA) is 123 Å². The average molecular weight is 522 g/mol. The van der Waals surface area contributed by atoms with Gasteiger partial charge in [-0.3, -0.25) is 14.3 Å². The number of aliphatic hydroxyl groups excluding tert-OH is 1. The molecule has 38 heavy (non-hydrogen) atoms. The van der Waals surface area contributed by atoms with Crippen molar-refractivity contribution >= 4 is 17.5 Å². The fourth-order valence-corrected chi connectivity index (χ4v) is 5.04. The predicted octanol–water partition coefficient (Wildman–Crippen LogP) is 2.60. The zero-order chi connectivity index (χ0) is 26.8. The quantitative estimate of drug-likeness (QED) is 0.419. The summed E-state index contributed by atoms with van der Waals surface area (Å²) in [5.41, 5.74) is 10.3. The third kappa shape index (κ3) is 5.56. The van der Waals surface area contributed by atoms with Crippen molar-refractivity contribution < 1.29 is 23.8 Å². The number of carbonyl (C=O) groups is 2. The lowest BCUT2D eigenvalue weighted by atomic mass is 10.0. The highest BCUT2D eigenvalue weighted by atomic mass is 19.1. The van der Waals surface area contributed by atoms with Crippen LogP contribution in [0.4, 0.5) is 10.1 Å². The molecule has 3 aromatic rings. The minimum atomic E-state index is -1.37. The molecule has 0 unspecified atom stereocenters. The number of hydrogen-bond donors (Lipinski definition) is 3. The normalized spacial score (nSPS) is 22.7. The van der Waals surface area contributed by atoms with Crippen LogP contribution in [-0.2, 0) is 23.2 Å². The number of piperidine rings is 1. The van der Waals surface area contributed by atoms with Gasteiger partial charge in [0.2, 0.25) is 11.8 Å². The molecule has 1 aliphatic heterocycles. The van der Waals surface area contributed by atoms with E-state index in [9.17, 15) is 14.0 Å². The van der Waals surface area contributed by atoms with E-state index in [-0.39, 0.29) is 30.8 Å². The monoisotopic (exact) mass is 521 g/mol. The molecule has 5 rings (SSSR count). The van der Waals surface area contributed by atoms with Crippen LogP contribution < -0.4 is 15.8 Å². The number of nitrogens with two attached hydrogens (primary N) is 1. The first kappa shape index (κ1) is 25.9. The van der Waals surface area contributed by atoms with Gasteiger partial charge in [-0.1, -0.05) is 18.2 Å². The summed E-state index contributed by atoms with van der Waals surface area (Å²) in [6, 6.07) is 13.2. The molecule has 10 heteroatoms. The number of aromatic nitrogens is 2. The Hall–Kier alpha value is -3.76. The minimum absolute atomic E-state index is 0.00471. The fourth-order valence-electron chi connectivity index (χ4n) is 5.04. The summed E-state index contributed by atoms with van der Waals surface area (Å²) in [4.78, 5) is 25.8. The van der Waals surface area contributed by atoms with Crippen molar-refractivity contribution in [3.8, 4) is 16.9 Å². The molecule has 4 N–H and O–H groups in total. The lowest BCUT2D eigenvalue weighted by Gasteiger charge is -2.34. The van der Waals surface area contributed by atoms with Crippen LogP contribution in [0.25, 0.3) is 11.1 Å². The second-order valence-corrected chi connectivity index (χ2v) is 9.95. The summed E-state index contributed by atoms with van der Waals surface area (Å²) in [5.74, 6) is 0.163. The number of ether oxygens (including phenoxy) is 1. The number of rotatable bonds is 8. The van der Waals surface area contributed by atoms with Crippen molar-refractivity contribution in [3.05, 3.63) is 66.0 Å². The molecular formula is C28H32FN5O4. The number of aryl methyl sites for hydroxylation is 1. The van der Waals surface area contributed by atoms with Gasteiger partial charge >= 0.3 is 0 Å². The third-order valence-electron chi connectivity index (χ3n) is 7.27. The molecule has 2 aromatic carbocycles. The zero-order valence-electron chi connectivity index (χ0n) is 21.2. The Labute approximate surface area is 220 Å². The number of carbonyl (C=O) groups excluding carboxylic acids is 2. The Bertz CT molecular complexity index is 1330. The highest BCUT2D eigenvalue weighted by Crippen LogP contribution is 2.47. The molecule has 1 saturated heterocycles. The lowest BCUT2D eigenvalue weighted by molar-refractivity contribution is -0.138. The van der Waals surface area contributed by atoms with Gasteiger partial charge in [0.1, 0.15) is 18.5 Å². The molecule has 2 heterocycles. The number of amides is 2. The molecule has 0 bridgehead atoms. The van der Waals surface area contributed by atoms with Gasteiger partial charge in [0.25, 0.3) is 0 Å². The van der Waals surface area contributed by atoms with E-state index >= 15 is 0 Å². The summed E-state index contributed by atoms with van der Waals surface area (Å²) in [7, 11) is 1.87. The van der Waals surface area contributed by atoms with Gasteiger partial charge in [0.15, 0.2) is 6.17 Å². The van der Waals surface area contributed by atoms with Gasteiger partial charge in [0, 0.05) is 49.9 Å². The molecule has 2 aliphatic rings. The van der Waals surface area contributed by atoms with Gasteiger partial charge in [-0.05, 0) is 53.3 Å². The fraction of sp³-hybridized carbons (Fsp3) is 0.393. The number of likely N-dealkylation sites (tertiary alicyclic amines) is 1. The van der Waals surface area contributed by atoms with Crippen LogP contribution in [0, 0.1) is 5.92 Å². The van der Waals surface area contributed by atoms with Crippen molar-refractivity contribution in [1.82, 2.24) is 14.7 Å². The Morgan fingerprint density at radius 3 is 2.76 bits per heavy atom. The molecule has 1 aromatic heterocycles. The van der Waals surface area contributed by atoms with E-state index in [1.807, 2.05) is 55.8 Å². The number of nitrogens with zero attached hydrogens (tertiary/aromatic N) is 3. The second-order valence-electron chi connectivity index (χ2n) is 9.95. The molecule has 9 nitrogen and oxygen atoms in total. The van der Waals surface area contributed by atoms with Crippen LogP contribution >= 0.6 is 0 Å². The van der Waals surface area contributed by atoms with E-state index in [1.165, 1.54) is 4.90 Å². The Balaban J connectivity index is 1.24. The number of alkyl halides is 1. The summed E-state index contributed by atoms with van der Waals surface area (Å²) < 4.78 is 22.5. The van der Waals surface area contributed by atoms with E-state index in [4.69, 9.17) is 15.6 Å².